The Hall–Kier alpha value is -8.30. The van der Waals surface area contributed by atoms with Gasteiger partial charge >= 0.3 is 53.4 Å². The minimum absolute atomic E-state index is 0.147. The maximum absolute atomic E-state index is 14.4. The molecule has 0 aromatic heterocycles. The van der Waals surface area contributed by atoms with E-state index in [2.05, 4.69) is 14.9 Å². The lowest BCUT2D eigenvalue weighted by atomic mass is 10.1. The smallest absolute Gasteiger partial charge is 0.428 e. The summed E-state index contributed by atoms with van der Waals surface area (Å²) in [5, 5.41) is 59.3. The maximum atomic E-state index is 14.4. The Morgan fingerprint density at radius 2 is 0.937 bits per heavy atom. The summed E-state index contributed by atoms with van der Waals surface area (Å²) in [5.41, 5.74) is -1.96. The minimum atomic E-state index is -5.40. The minimum Gasteiger partial charge on any atom is -0.501 e. The SMILES string of the molecule is CCCOC(=O)c1cc(OS(=O)(=O)c2cccc3c(O)c([N+]#N)ccc23)c(OS(=O)(=O)c2cc([N+]#N)c(O)c3ccccc23)c(OS(=O)(=O)c2cccc3c(O)c([N+]#N)ccc23)c1. The molecule has 0 aliphatic heterocycles. The van der Waals surface area contributed by atoms with Crippen LogP contribution in [-0.2, 0) is 35.1 Å². The maximum Gasteiger partial charge on any atom is 0.428 e. The molecule has 0 saturated carbocycles. The third-order valence-electron chi connectivity index (χ3n) is 9.32. The highest BCUT2D eigenvalue weighted by molar-refractivity contribution is 7.88. The van der Waals surface area contributed by atoms with Crippen LogP contribution in [0.4, 0.5) is 17.1 Å². The number of hydrogen-bond donors (Lipinski definition) is 3. The van der Waals surface area contributed by atoms with Crippen molar-refractivity contribution in [1.29, 1.82) is 16.2 Å². The first-order valence-corrected chi connectivity index (χ1v) is 22.2. The van der Waals surface area contributed by atoms with E-state index in [1.54, 1.807) is 6.92 Å². The van der Waals surface area contributed by atoms with Gasteiger partial charge in [0.2, 0.25) is 39.2 Å². The largest absolute Gasteiger partial charge is 0.501 e. The van der Waals surface area contributed by atoms with E-state index in [9.17, 15) is 61.5 Å². The van der Waals surface area contributed by atoms with E-state index in [0.29, 0.717) is 24.6 Å². The second kappa shape index (κ2) is 16.3. The first kappa shape index (κ1) is 42.8. The van der Waals surface area contributed by atoms with Gasteiger partial charge in [0.15, 0.2) is 26.4 Å². The number of ether oxygens (including phenoxy) is 1. The van der Waals surface area contributed by atoms with Crippen LogP contribution in [0.2, 0.25) is 0 Å². The van der Waals surface area contributed by atoms with Crippen LogP contribution in [0.15, 0.2) is 118 Å². The Morgan fingerprint density at radius 1 is 0.524 bits per heavy atom. The number of fused-ring (bicyclic) bond motifs is 3. The van der Waals surface area contributed by atoms with E-state index in [1.807, 2.05) is 0 Å². The molecular formula is C40H27N6O14S3+3. The summed E-state index contributed by atoms with van der Waals surface area (Å²) in [6, 6.07) is 18.8. The van der Waals surface area contributed by atoms with Crippen LogP contribution in [0.3, 0.4) is 0 Å². The molecular weight excluding hydrogens is 885 g/mol. The molecule has 0 aliphatic rings. The standard InChI is InChI=1S/C40H24N6O14S3/c1-2-17-57-40(50)21-18-31(58-61(51,52)33-11-5-9-26-23(33)13-15-28(44-41)36(26)47)39(60-63(55,56)35-20-30(46-43)38(49)25-8-4-3-7-22(25)35)32(19-21)59-62(53,54)34-12-6-10-27-24(34)14-16-29(45-42)37(27)48/h3-16,18-20H,2,17H2,1H3/p+3. The molecule has 0 atom stereocenters. The van der Waals surface area contributed by atoms with Gasteiger partial charge < -0.3 is 32.6 Å². The number of aromatic hydroxyl groups is 3. The molecule has 0 aliphatic carbocycles. The van der Waals surface area contributed by atoms with Crippen molar-refractivity contribution in [1.82, 2.24) is 0 Å². The highest BCUT2D eigenvalue weighted by Gasteiger charge is 2.35. The first-order chi connectivity index (χ1) is 30.0. The zero-order chi connectivity index (χ0) is 45.4. The van der Waals surface area contributed by atoms with E-state index in [4.69, 9.17) is 17.3 Å². The molecule has 63 heavy (non-hydrogen) atoms. The number of benzene rings is 7. The van der Waals surface area contributed by atoms with Crippen molar-refractivity contribution in [3.05, 3.63) is 124 Å². The van der Waals surface area contributed by atoms with Gasteiger partial charge in [0.05, 0.1) is 18.2 Å². The average Bonchev–Trinajstić information content (AvgIpc) is 3.26. The zero-order valence-corrected chi connectivity index (χ0v) is 34.4. The molecule has 0 spiro atoms. The van der Waals surface area contributed by atoms with Gasteiger partial charge in [0, 0.05) is 56.6 Å². The highest BCUT2D eigenvalue weighted by atomic mass is 32.2. The average molecular weight is 912 g/mol. The third kappa shape index (κ3) is 7.79. The Morgan fingerprint density at radius 3 is 1.40 bits per heavy atom. The van der Waals surface area contributed by atoms with Gasteiger partial charge in [-0.1, -0.05) is 55.5 Å². The van der Waals surface area contributed by atoms with Gasteiger partial charge in [-0.15, -0.1) is 0 Å². The van der Waals surface area contributed by atoms with E-state index < -0.39 is 96.8 Å². The van der Waals surface area contributed by atoms with Crippen LogP contribution < -0.4 is 12.5 Å². The van der Waals surface area contributed by atoms with Crippen molar-refractivity contribution >= 4 is 85.7 Å². The van der Waals surface area contributed by atoms with Crippen LogP contribution in [0.1, 0.15) is 23.7 Å². The Kier molecular flexibility index (Phi) is 11.1. The van der Waals surface area contributed by atoms with Crippen LogP contribution >= 0.6 is 0 Å². The molecule has 0 radical (unpaired) electrons. The molecule has 0 bridgehead atoms. The summed E-state index contributed by atoms with van der Waals surface area (Å²) in [4.78, 5) is 20.1. The van der Waals surface area contributed by atoms with Gasteiger partial charge in [0.25, 0.3) is 0 Å². The number of nitrogens with zero attached hydrogens (tertiary/aromatic N) is 6. The molecule has 0 fully saturated rings. The lowest BCUT2D eigenvalue weighted by molar-refractivity contribution is 0.0504. The molecule has 316 valence electrons. The number of hydrogen-bond acceptors (Lipinski definition) is 17. The second-order valence-electron chi connectivity index (χ2n) is 13.2. The van der Waals surface area contributed by atoms with Gasteiger partial charge in [-0.25, -0.2) is 4.79 Å². The Labute approximate surface area is 355 Å². The van der Waals surface area contributed by atoms with E-state index in [0.717, 1.165) is 36.4 Å². The summed E-state index contributed by atoms with van der Waals surface area (Å²) in [6.07, 6.45) is 0.293. The van der Waals surface area contributed by atoms with E-state index in [1.165, 1.54) is 48.5 Å². The van der Waals surface area contributed by atoms with Gasteiger partial charge in [-0.2, -0.15) is 25.3 Å². The molecule has 0 heterocycles. The number of diazo groups is 3. The summed E-state index contributed by atoms with van der Waals surface area (Å²) < 4.78 is 108. The summed E-state index contributed by atoms with van der Waals surface area (Å²) in [5.74, 6) is -6.74. The topological polar surface area (TPSA) is 302 Å². The van der Waals surface area contributed by atoms with Crippen molar-refractivity contribution in [3.8, 4) is 34.5 Å². The van der Waals surface area contributed by atoms with Crippen LogP contribution in [0.25, 0.3) is 47.2 Å². The number of rotatable bonds is 12. The predicted octanol–water partition coefficient (Wildman–Crippen LogP) is 8.59. The summed E-state index contributed by atoms with van der Waals surface area (Å²) >= 11 is 0. The van der Waals surface area contributed by atoms with E-state index >= 15 is 0 Å². The number of carbonyl (C=O) groups is 1. The lowest BCUT2D eigenvalue weighted by Gasteiger charge is -2.19. The highest BCUT2D eigenvalue weighted by Crippen LogP contribution is 2.47. The van der Waals surface area contributed by atoms with Gasteiger partial charge in [0.1, 0.15) is 14.7 Å². The molecule has 3 N–H and O–H groups in total. The molecule has 0 amide bonds. The van der Waals surface area contributed by atoms with Crippen molar-refractivity contribution in [2.24, 2.45) is 0 Å². The number of phenols is 3. The fourth-order valence-electron chi connectivity index (χ4n) is 6.46. The van der Waals surface area contributed by atoms with Crippen molar-refractivity contribution in [2.75, 3.05) is 6.61 Å². The number of carbonyl (C=O) groups excluding carboxylic acids is 1. The fourth-order valence-corrected chi connectivity index (χ4v) is 9.92. The summed E-state index contributed by atoms with van der Waals surface area (Å²) in [7, 11) is -15.9. The zero-order valence-electron chi connectivity index (χ0n) is 32.0. The quantitative estimate of drug-likeness (QED) is 0.0587. The Balaban J connectivity index is 1.50. The van der Waals surface area contributed by atoms with E-state index in [-0.39, 0.29) is 50.3 Å². The van der Waals surface area contributed by atoms with Crippen LogP contribution in [-0.4, -0.2) is 53.1 Å². The normalized spacial score (nSPS) is 11.7. The summed E-state index contributed by atoms with van der Waals surface area (Å²) in [6.45, 7) is 1.46. The lowest BCUT2D eigenvalue weighted by Crippen LogP contribution is -2.18. The fraction of sp³-hybridized carbons (Fsp3) is 0.0750. The molecule has 7 aromatic rings. The molecule has 0 saturated heterocycles. The first-order valence-electron chi connectivity index (χ1n) is 17.9. The molecule has 0 unspecified atom stereocenters. The van der Waals surface area contributed by atoms with Crippen molar-refractivity contribution < 1.29 is 62.7 Å². The molecule has 23 heteroatoms. The number of phenolic OH excluding ortho intramolecular Hbond substituents is 3. The Bertz CT molecular complexity index is 3430. The molecule has 7 aromatic carbocycles. The monoisotopic (exact) mass is 911 g/mol. The predicted molar refractivity (Wildman–Crippen MR) is 222 cm³/mol. The van der Waals surface area contributed by atoms with Crippen LogP contribution in [0, 0.1) is 16.2 Å². The van der Waals surface area contributed by atoms with Gasteiger partial charge in [-0.3, -0.25) is 0 Å². The van der Waals surface area contributed by atoms with Crippen molar-refractivity contribution in [2.45, 2.75) is 28.0 Å². The third-order valence-corrected chi connectivity index (χ3v) is 13.2. The van der Waals surface area contributed by atoms with Gasteiger partial charge in [-0.05, 0) is 30.7 Å². The second-order valence-corrected chi connectivity index (χ2v) is 17.8. The van der Waals surface area contributed by atoms with Crippen molar-refractivity contribution in [3.63, 3.8) is 0 Å². The van der Waals surface area contributed by atoms with Crippen LogP contribution in [0.5, 0.6) is 34.5 Å². The molecule has 20 nitrogen and oxygen atoms in total. The molecule has 7 rings (SSSR count). The number of esters is 1.